The molecule has 0 bridgehead atoms. The van der Waals surface area contributed by atoms with Gasteiger partial charge in [-0.25, -0.2) is 0 Å². The number of benzene rings is 3. The van der Waals surface area contributed by atoms with Gasteiger partial charge in [0, 0.05) is 0 Å². The second kappa shape index (κ2) is 6.88. The zero-order chi connectivity index (χ0) is 21.8. The number of hydrogen-bond acceptors (Lipinski definition) is 2. The zero-order valence-corrected chi connectivity index (χ0v) is 17.4. The van der Waals surface area contributed by atoms with E-state index < -0.39 is 5.41 Å². The molecule has 3 aromatic carbocycles. The van der Waals surface area contributed by atoms with Crippen LogP contribution in [0.3, 0.4) is 0 Å². The van der Waals surface area contributed by atoms with Crippen molar-refractivity contribution in [2.45, 2.75) is 17.8 Å². The van der Waals surface area contributed by atoms with Crippen molar-refractivity contribution in [2.75, 3.05) is 0 Å². The minimum atomic E-state index is -0.556. The van der Waals surface area contributed by atoms with Crippen LogP contribution >= 0.6 is 0 Å². The van der Waals surface area contributed by atoms with Crippen LogP contribution in [0.25, 0.3) is 0 Å². The van der Waals surface area contributed by atoms with Gasteiger partial charge in [0.15, 0.2) is 0 Å². The molecule has 2 unspecified atom stereocenters. The van der Waals surface area contributed by atoms with Crippen LogP contribution in [0.2, 0.25) is 0 Å². The molecule has 0 saturated heterocycles. The van der Waals surface area contributed by atoms with E-state index in [1.165, 1.54) is 11.1 Å². The molecule has 0 amide bonds. The van der Waals surface area contributed by atoms with Crippen molar-refractivity contribution >= 4 is 26.7 Å². The predicted octanol–water partition coefficient (Wildman–Crippen LogP) is 3.70. The Balaban J connectivity index is 1.95. The summed E-state index contributed by atoms with van der Waals surface area (Å²) in [6.45, 7) is 8.10. The fourth-order valence-corrected chi connectivity index (χ4v) is 5.56. The molecule has 0 aromatic heterocycles. The van der Waals surface area contributed by atoms with Gasteiger partial charge < -0.3 is 0 Å². The van der Waals surface area contributed by atoms with Crippen LogP contribution in [-0.2, 0) is 10.8 Å². The first kappa shape index (κ1) is 19.7. The molecule has 2 nitrogen and oxygen atoms in total. The monoisotopic (exact) mass is 400 g/mol. The van der Waals surface area contributed by atoms with Crippen LogP contribution in [0.15, 0.2) is 90.4 Å². The van der Waals surface area contributed by atoms with Crippen molar-refractivity contribution in [1.29, 1.82) is 0 Å². The van der Waals surface area contributed by atoms with Gasteiger partial charge in [0.25, 0.3) is 0 Å². The van der Waals surface area contributed by atoms with Crippen LogP contribution in [0, 0.1) is 5.92 Å². The normalized spacial score (nSPS) is 22.9. The Morgan fingerprint density at radius 3 is 2.00 bits per heavy atom. The van der Waals surface area contributed by atoms with E-state index in [9.17, 15) is 10.2 Å². The molecule has 4 heteroatoms. The number of rotatable bonds is 3. The summed E-state index contributed by atoms with van der Waals surface area (Å²) in [6.07, 6.45) is 6.36. The first-order valence-electron chi connectivity index (χ1n) is 10.4. The molecule has 5 rings (SSSR count). The Bertz CT molecular complexity index is 1190. The molecule has 0 aliphatic heterocycles. The molecule has 0 fully saturated rings. The van der Waals surface area contributed by atoms with E-state index in [-0.39, 0.29) is 22.8 Å². The molecule has 0 spiro atoms. The Labute approximate surface area is 184 Å². The van der Waals surface area contributed by atoms with Crippen LogP contribution in [-0.4, -0.2) is 31.4 Å². The molecule has 31 heavy (non-hydrogen) atoms. The SMILES string of the molecule is [B]C1=CC2C(C)(C=C1)c1ccc(B=C)cc1C2(c1ccc(O)cc1)c1ccc(O)cc1. The number of hydrogen-bond donors (Lipinski definition) is 2. The van der Waals surface area contributed by atoms with Gasteiger partial charge in [-0.2, -0.15) is 0 Å². The molecular formula is C27H22B2O2. The molecule has 2 radical (unpaired) electrons. The molecule has 3 aromatic rings. The van der Waals surface area contributed by atoms with E-state index in [1.54, 1.807) is 24.3 Å². The summed E-state index contributed by atoms with van der Waals surface area (Å²) < 4.78 is 0. The van der Waals surface area contributed by atoms with Crippen molar-refractivity contribution < 1.29 is 10.2 Å². The number of allylic oxidation sites excluding steroid dienone is 4. The van der Waals surface area contributed by atoms with Crippen molar-refractivity contribution in [2.24, 2.45) is 5.92 Å². The van der Waals surface area contributed by atoms with Gasteiger partial charge in [0.1, 0.15) is 0 Å². The summed E-state index contributed by atoms with van der Waals surface area (Å²) in [7, 11) is 6.34. The van der Waals surface area contributed by atoms with E-state index in [0.29, 0.717) is 0 Å². The summed E-state index contributed by atoms with van der Waals surface area (Å²) in [6, 6.07) is 21.4. The average Bonchev–Trinajstić information content (AvgIpc) is 3.00. The topological polar surface area (TPSA) is 40.5 Å². The first-order chi connectivity index (χ1) is 14.9. The number of phenolic OH excluding ortho intramolecular Hbond substituents is 2. The zero-order valence-electron chi connectivity index (χ0n) is 17.4. The standard InChI is InChI=1S/C27H22B2O2/c1-26-14-13-19(28)15-25(26)27(17-3-8-21(30)9-4-17,18-5-10-22(31)11-6-18)24-16-20(29-2)7-12-23(24)26/h3-16,25,30-31H,2H2,1H3. The molecule has 2 atom stereocenters. The Morgan fingerprint density at radius 1 is 0.871 bits per heavy atom. The summed E-state index contributed by atoms with van der Waals surface area (Å²) in [5.74, 6) is 0.460. The first-order valence-corrected chi connectivity index (χ1v) is 10.4. The van der Waals surface area contributed by atoms with Crippen LogP contribution in [0.4, 0.5) is 0 Å². The number of phenols is 2. The van der Waals surface area contributed by atoms with E-state index in [1.807, 2.05) is 37.3 Å². The molecular weight excluding hydrogens is 378 g/mol. The van der Waals surface area contributed by atoms with Gasteiger partial charge in [-0.05, 0) is 0 Å². The summed E-state index contributed by atoms with van der Waals surface area (Å²) >= 11 is 0. The third-order valence-corrected chi connectivity index (χ3v) is 7.02. The molecule has 148 valence electrons. The van der Waals surface area contributed by atoms with Crippen molar-refractivity contribution in [3.63, 3.8) is 0 Å². The molecule has 2 N–H and O–H groups in total. The van der Waals surface area contributed by atoms with Gasteiger partial charge >= 0.3 is 185 Å². The Hall–Kier alpha value is -3.26. The van der Waals surface area contributed by atoms with Crippen molar-refractivity contribution in [3.8, 4) is 11.5 Å². The molecule has 2 aliphatic rings. The summed E-state index contributed by atoms with van der Waals surface area (Å²) in [5, 5.41) is 20.0. The molecule has 0 heterocycles. The van der Waals surface area contributed by atoms with Crippen molar-refractivity contribution in [1.82, 2.24) is 0 Å². The average molecular weight is 400 g/mol. The fraction of sp³-hybridized carbons (Fsp3) is 0.148. The third kappa shape index (κ3) is 2.71. The predicted molar refractivity (Wildman–Crippen MR) is 129 cm³/mol. The van der Waals surface area contributed by atoms with Crippen LogP contribution in [0.5, 0.6) is 11.5 Å². The summed E-state index contributed by atoms with van der Waals surface area (Å²) in [5.41, 5.74) is 5.50. The third-order valence-electron chi connectivity index (χ3n) is 7.02. The summed E-state index contributed by atoms with van der Waals surface area (Å²) in [4.78, 5) is 0. The quantitative estimate of drug-likeness (QED) is 0.659. The van der Waals surface area contributed by atoms with Crippen LogP contribution in [0.1, 0.15) is 29.2 Å². The minimum absolute atomic E-state index is 0.00847. The molecule has 2 aliphatic carbocycles. The molecule has 0 saturated carbocycles. The van der Waals surface area contributed by atoms with Gasteiger partial charge in [-0.1, -0.05) is 0 Å². The van der Waals surface area contributed by atoms with Crippen molar-refractivity contribution in [3.05, 3.63) is 113 Å². The second-order valence-corrected chi connectivity index (χ2v) is 8.67. The van der Waals surface area contributed by atoms with E-state index in [0.717, 1.165) is 22.1 Å². The maximum atomic E-state index is 10.0. The Morgan fingerprint density at radius 2 is 1.45 bits per heavy atom. The fourth-order valence-electron chi connectivity index (χ4n) is 5.56. The van der Waals surface area contributed by atoms with Gasteiger partial charge in [-0.15, -0.1) is 0 Å². The number of aromatic hydroxyl groups is 2. The number of fused-ring (bicyclic) bond motifs is 3. The van der Waals surface area contributed by atoms with Gasteiger partial charge in [-0.3, -0.25) is 0 Å². The Kier molecular flexibility index (Phi) is 4.37. The van der Waals surface area contributed by atoms with E-state index >= 15 is 0 Å². The van der Waals surface area contributed by atoms with E-state index in [2.05, 4.69) is 43.7 Å². The van der Waals surface area contributed by atoms with Crippen LogP contribution < -0.4 is 5.46 Å². The van der Waals surface area contributed by atoms with E-state index in [4.69, 9.17) is 7.85 Å². The second-order valence-electron chi connectivity index (χ2n) is 8.67. The maximum absolute atomic E-state index is 10.0. The van der Waals surface area contributed by atoms with Gasteiger partial charge in [0.05, 0.1) is 0 Å². The van der Waals surface area contributed by atoms with Gasteiger partial charge in [0.2, 0.25) is 0 Å².